The summed E-state index contributed by atoms with van der Waals surface area (Å²) in [5.74, 6) is -0.194. The molecule has 0 aliphatic carbocycles. The second kappa shape index (κ2) is 8.77. The van der Waals surface area contributed by atoms with Crippen molar-refractivity contribution < 1.29 is 13.9 Å². The third-order valence-corrected chi connectivity index (χ3v) is 5.13. The summed E-state index contributed by atoms with van der Waals surface area (Å²) in [5.41, 5.74) is 0.892. The van der Waals surface area contributed by atoms with E-state index in [9.17, 15) is 9.18 Å². The Bertz CT molecular complexity index is 549. The number of piperazine rings is 1. The van der Waals surface area contributed by atoms with Crippen LogP contribution in [0.2, 0.25) is 0 Å². The number of ether oxygens (including phenoxy) is 1. The Morgan fingerprint density at radius 3 is 2.24 bits per heavy atom. The van der Waals surface area contributed by atoms with Gasteiger partial charge in [0.05, 0.1) is 12.5 Å². The van der Waals surface area contributed by atoms with Gasteiger partial charge in [-0.25, -0.2) is 4.39 Å². The third-order valence-electron chi connectivity index (χ3n) is 5.13. The molecule has 0 radical (unpaired) electrons. The van der Waals surface area contributed by atoms with E-state index >= 15 is 0 Å². The van der Waals surface area contributed by atoms with E-state index in [-0.39, 0.29) is 23.6 Å². The van der Waals surface area contributed by atoms with E-state index in [1.54, 1.807) is 19.2 Å². The van der Waals surface area contributed by atoms with Crippen LogP contribution in [0.4, 0.5) is 4.39 Å². The molecule has 1 aromatic carbocycles. The topological polar surface area (TPSA) is 32.8 Å². The van der Waals surface area contributed by atoms with E-state index in [1.807, 2.05) is 18.7 Å². The van der Waals surface area contributed by atoms with Crippen molar-refractivity contribution in [2.24, 2.45) is 5.92 Å². The average Bonchev–Trinajstić information content (AvgIpc) is 2.55. The summed E-state index contributed by atoms with van der Waals surface area (Å²) >= 11 is 0. The smallest absolute Gasteiger partial charge is 0.230 e. The highest BCUT2D eigenvalue weighted by molar-refractivity contribution is 5.84. The van der Waals surface area contributed by atoms with Crippen molar-refractivity contribution in [3.05, 3.63) is 35.6 Å². The fourth-order valence-electron chi connectivity index (χ4n) is 3.85. The molecule has 5 heteroatoms. The molecule has 1 aromatic rings. The van der Waals surface area contributed by atoms with Crippen molar-refractivity contribution in [1.29, 1.82) is 0 Å². The number of carbonyl (C=O) groups excluding carboxylic acids is 1. The van der Waals surface area contributed by atoms with Crippen LogP contribution in [-0.2, 0) is 9.53 Å². The molecular weight excluding hydrogens is 319 g/mol. The molecular formula is C20H31FN2O2. The summed E-state index contributed by atoms with van der Waals surface area (Å²) in [7, 11) is 1.71. The first-order valence-electron chi connectivity index (χ1n) is 9.14. The van der Waals surface area contributed by atoms with Gasteiger partial charge < -0.3 is 9.64 Å². The zero-order chi connectivity index (χ0) is 18.6. The lowest BCUT2D eigenvalue weighted by molar-refractivity contribution is -0.138. The molecule has 2 rings (SSSR count). The summed E-state index contributed by atoms with van der Waals surface area (Å²) in [6.45, 7) is 11.4. The average molecular weight is 350 g/mol. The summed E-state index contributed by atoms with van der Waals surface area (Å²) in [6, 6.07) is 6.93. The van der Waals surface area contributed by atoms with Crippen LogP contribution >= 0.6 is 0 Å². The first-order chi connectivity index (χ1) is 11.8. The van der Waals surface area contributed by atoms with Gasteiger partial charge in [-0.1, -0.05) is 26.0 Å². The lowest BCUT2D eigenvalue weighted by Gasteiger charge is -2.45. The molecule has 4 nitrogen and oxygen atoms in total. The molecule has 1 amide bonds. The quantitative estimate of drug-likeness (QED) is 0.790. The van der Waals surface area contributed by atoms with Gasteiger partial charge in [-0.2, -0.15) is 0 Å². The van der Waals surface area contributed by atoms with E-state index in [0.29, 0.717) is 18.7 Å². The van der Waals surface area contributed by atoms with Crippen LogP contribution in [0.3, 0.4) is 0 Å². The van der Waals surface area contributed by atoms with Crippen LogP contribution in [0.5, 0.6) is 0 Å². The lowest BCUT2D eigenvalue weighted by Crippen LogP contribution is -2.59. The minimum Gasteiger partial charge on any atom is -0.383 e. The lowest BCUT2D eigenvalue weighted by atomic mass is 9.86. The van der Waals surface area contributed by atoms with Crippen LogP contribution in [-0.4, -0.2) is 61.1 Å². The van der Waals surface area contributed by atoms with Crippen molar-refractivity contribution in [2.75, 3.05) is 33.4 Å². The molecule has 3 atom stereocenters. The van der Waals surface area contributed by atoms with Crippen molar-refractivity contribution in [3.63, 3.8) is 0 Å². The Morgan fingerprint density at radius 2 is 1.76 bits per heavy atom. The Labute approximate surface area is 150 Å². The number of hydrogen-bond acceptors (Lipinski definition) is 3. The van der Waals surface area contributed by atoms with Crippen LogP contribution in [0.15, 0.2) is 24.3 Å². The van der Waals surface area contributed by atoms with Crippen molar-refractivity contribution >= 4 is 5.91 Å². The number of methoxy groups -OCH3 is 1. The van der Waals surface area contributed by atoms with Gasteiger partial charge in [-0.3, -0.25) is 9.69 Å². The number of carbonyl (C=O) groups is 1. The van der Waals surface area contributed by atoms with E-state index in [0.717, 1.165) is 25.2 Å². The molecule has 1 saturated heterocycles. The van der Waals surface area contributed by atoms with Gasteiger partial charge in [0.25, 0.3) is 0 Å². The van der Waals surface area contributed by atoms with E-state index in [2.05, 4.69) is 18.7 Å². The third kappa shape index (κ3) is 4.79. The van der Waals surface area contributed by atoms with Gasteiger partial charge in [0.15, 0.2) is 0 Å². The van der Waals surface area contributed by atoms with E-state index in [1.165, 1.54) is 12.1 Å². The molecule has 0 saturated carbocycles. The van der Waals surface area contributed by atoms with E-state index < -0.39 is 0 Å². The molecule has 1 aliphatic heterocycles. The maximum Gasteiger partial charge on any atom is 0.230 e. The van der Waals surface area contributed by atoms with Crippen molar-refractivity contribution in [2.45, 2.75) is 45.7 Å². The number of halogens is 1. The predicted molar refractivity (Wildman–Crippen MR) is 98.1 cm³/mol. The minimum absolute atomic E-state index is 0.145. The van der Waals surface area contributed by atoms with Crippen LogP contribution in [0, 0.1) is 11.7 Å². The maximum atomic E-state index is 13.2. The van der Waals surface area contributed by atoms with Gasteiger partial charge in [0.1, 0.15) is 5.82 Å². The fourth-order valence-corrected chi connectivity index (χ4v) is 3.85. The van der Waals surface area contributed by atoms with E-state index in [4.69, 9.17) is 4.74 Å². The first-order valence-corrected chi connectivity index (χ1v) is 9.14. The molecule has 1 heterocycles. The molecule has 140 valence electrons. The summed E-state index contributed by atoms with van der Waals surface area (Å²) < 4.78 is 18.4. The molecule has 25 heavy (non-hydrogen) atoms. The molecule has 1 fully saturated rings. The largest absolute Gasteiger partial charge is 0.383 e. The summed E-state index contributed by atoms with van der Waals surface area (Å²) in [5, 5.41) is 0. The molecule has 0 bridgehead atoms. The van der Waals surface area contributed by atoms with Gasteiger partial charge in [-0.15, -0.1) is 0 Å². The maximum absolute atomic E-state index is 13.2. The molecule has 0 N–H and O–H groups in total. The Hall–Kier alpha value is -1.46. The fraction of sp³-hybridized carbons (Fsp3) is 0.650. The Balaban J connectivity index is 2.13. The number of nitrogens with zero attached hydrogens (tertiary/aromatic N) is 2. The molecule has 0 aromatic heterocycles. The van der Waals surface area contributed by atoms with Crippen LogP contribution < -0.4 is 0 Å². The highest BCUT2D eigenvalue weighted by Crippen LogP contribution is 2.29. The second-order valence-corrected chi connectivity index (χ2v) is 7.45. The number of rotatable bonds is 6. The summed E-state index contributed by atoms with van der Waals surface area (Å²) in [4.78, 5) is 17.6. The van der Waals surface area contributed by atoms with Gasteiger partial charge >= 0.3 is 0 Å². The number of benzene rings is 1. The molecule has 1 aliphatic rings. The standard InChI is InChI=1S/C20H31FN2O2/c1-14(2)19(17-6-8-18(21)9-7-17)20(24)22-12-15(3)23(10-11-25-5)16(4)13-22/h6-9,14-16,19H,10-13H2,1-5H3. The molecule has 3 unspecified atom stereocenters. The van der Waals surface area contributed by atoms with Crippen molar-refractivity contribution in [3.8, 4) is 0 Å². The Kier molecular flexibility index (Phi) is 6.96. The molecule has 0 spiro atoms. The zero-order valence-electron chi connectivity index (χ0n) is 16.0. The predicted octanol–water partition coefficient (Wildman–Crippen LogP) is 3.13. The first kappa shape index (κ1) is 19.9. The van der Waals surface area contributed by atoms with Gasteiger partial charge in [0.2, 0.25) is 5.91 Å². The Morgan fingerprint density at radius 1 is 1.20 bits per heavy atom. The van der Waals surface area contributed by atoms with Gasteiger partial charge in [0, 0.05) is 38.8 Å². The van der Waals surface area contributed by atoms with Crippen molar-refractivity contribution in [1.82, 2.24) is 9.80 Å². The SMILES string of the molecule is COCCN1C(C)CN(C(=O)C(c2ccc(F)cc2)C(C)C)CC1C. The normalized spacial score (nSPS) is 23.1. The van der Waals surface area contributed by atoms with Crippen LogP contribution in [0.1, 0.15) is 39.2 Å². The summed E-state index contributed by atoms with van der Waals surface area (Å²) in [6.07, 6.45) is 0. The highest BCUT2D eigenvalue weighted by Gasteiger charge is 2.35. The number of amides is 1. The van der Waals surface area contributed by atoms with Crippen LogP contribution in [0.25, 0.3) is 0 Å². The zero-order valence-corrected chi connectivity index (χ0v) is 16.0. The van der Waals surface area contributed by atoms with Gasteiger partial charge in [-0.05, 0) is 37.5 Å². The number of hydrogen-bond donors (Lipinski definition) is 0. The highest BCUT2D eigenvalue weighted by atomic mass is 19.1. The minimum atomic E-state index is -0.271. The monoisotopic (exact) mass is 350 g/mol. The second-order valence-electron chi connectivity index (χ2n) is 7.45.